The van der Waals surface area contributed by atoms with Crippen molar-refractivity contribution in [3.63, 3.8) is 0 Å². The van der Waals surface area contributed by atoms with Gasteiger partial charge in [0.2, 0.25) is 0 Å². The predicted octanol–water partition coefficient (Wildman–Crippen LogP) is 6.91. The van der Waals surface area contributed by atoms with Gasteiger partial charge in [-0.05, 0) is 47.4 Å². The third-order valence-electron chi connectivity index (χ3n) is 3.70. The monoisotopic (exact) mass is 342 g/mol. The van der Waals surface area contributed by atoms with Crippen LogP contribution < -0.4 is 4.74 Å². The molecule has 2 aromatic carbocycles. The zero-order chi connectivity index (χ0) is 16.1. The lowest BCUT2D eigenvalue weighted by molar-refractivity contribution is 0.309. The molecule has 0 unspecified atom stereocenters. The summed E-state index contributed by atoms with van der Waals surface area (Å²) < 4.78 is 6.53. The van der Waals surface area contributed by atoms with Gasteiger partial charge in [-0.15, -0.1) is 11.3 Å². The second-order valence-electron chi connectivity index (χ2n) is 5.41. The first kappa shape index (κ1) is 16.1. The van der Waals surface area contributed by atoms with Crippen LogP contribution in [-0.2, 0) is 0 Å². The van der Waals surface area contributed by atoms with Crippen molar-refractivity contribution in [1.29, 1.82) is 0 Å². The Labute approximate surface area is 146 Å². The van der Waals surface area contributed by atoms with E-state index in [0.717, 1.165) is 29.5 Å². The molecule has 1 nitrogen and oxygen atoms in total. The predicted molar refractivity (Wildman–Crippen MR) is 101 cm³/mol. The molecule has 0 atom stereocenters. The van der Waals surface area contributed by atoms with Gasteiger partial charge >= 0.3 is 0 Å². The van der Waals surface area contributed by atoms with Crippen LogP contribution in [0.1, 0.15) is 19.8 Å². The van der Waals surface area contributed by atoms with Crippen molar-refractivity contribution in [2.24, 2.45) is 0 Å². The number of benzene rings is 2. The second-order valence-corrected chi connectivity index (χ2v) is 7.12. The number of halogens is 1. The lowest BCUT2D eigenvalue weighted by Crippen LogP contribution is -1.95. The lowest BCUT2D eigenvalue weighted by Gasteiger charge is -2.07. The minimum absolute atomic E-state index is 0.786. The smallest absolute Gasteiger partial charge is 0.119 e. The van der Waals surface area contributed by atoms with Crippen molar-refractivity contribution in [1.82, 2.24) is 0 Å². The van der Waals surface area contributed by atoms with Gasteiger partial charge in [0.25, 0.3) is 0 Å². The summed E-state index contributed by atoms with van der Waals surface area (Å²) in [5, 5.41) is 0. The van der Waals surface area contributed by atoms with Crippen LogP contribution in [0.3, 0.4) is 0 Å². The van der Waals surface area contributed by atoms with Gasteiger partial charge in [-0.2, -0.15) is 0 Å². The highest BCUT2D eigenvalue weighted by atomic mass is 35.5. The molecule has 0 N–H and O–H groups in total. The van der Waals surface area contributed by atoms with Crippen LogP contribution in [0.2, 0.25) is 4.34 Å². The van der Waals surface area contributed by atoms with E-state index in [0.29, 0.717) is 0 Å². The summed E-state index contributed by atoms with van der Waals surface area (Å²) in [6.07, 6.45) is 2.25. The number of ether oxygens (including phenoxy) is 1. The third kappa shape index (κ3) is 4.15. The molecular formula is C20H19ClOS. The van der Waals surface area contributed by atoms with Gasteiger partial charge in [-0.3, -0.25) is 0 Å². The maximum absolute atomic E-state index is 6.00. The summed E-state index contributed by atoms with van der Waals surface area (Å²) in [6.45, 7) is 2.95. The van der Waals surface area contributed by atoms with Crippen LogP contribution in [0.4, 0.5) is 0 Å². The maximum atomic E-state index is 6.00. The van der Waals surface area contributed by atoms with E-state index in [1.54, 1.807) is 11.3 Å². The molecule has 1 heterocycles. The molecule has 0 saturated heterocycles. The number of unbranched alkanes of at least 4 members (excludes halogenated alkanes) is 1. The van der Waals surface area contributed by atoms with Crippen LogP contribution in [0, 0.1) is 0 Å². The van der Waals surface area contributed by atoms with Gasteiger partial charge in [0.15, 0.2) is 0 Å². The summed E-state index contributed by atoms with van der Waals surface area (Å²) in [6, 6.07) is 20.9. The van der Waals surface area contributed by atoms with E-state index in [1.807, 2.05) is 18.2 Å². The first-order valence-corrected chi connectivity index (χ1v) is 9.05. The fourth-order valence-electron chi connectivity index (χ4n) is 2.37. The standard InChI is InChI=1S/C20H19ClOS/c1-2-3-14-22-18-10-8-16(9-11-18)15-4-6-17(7-5-15)19-12-13-20(21)23-19/h4-13H,2-3,14H2,1H3. The van der Waals surface area contributed by atoms with Gasteiger partial charge in [-0.25, -0.2) is 0 Å². The molecule has 0 aliphatic carbocycles. The lowest BCUT2D eigenvalue weighted by atomic mass is 10.0. The Morgan fingerprint density at radius 3 is 2.00 bits per heavy atom. The summed E-state index contributed by atoms with van der Waals surface area (Å²) in [5.41, 5.74) is 3.60. The average molecular weight is 343 g/mol. The molecular weight excluding hydrogens is 324 g/mol. The fraction of sp³-hybridized carbons (Fsp3) is 0.200. The van der Waals surface area contributed by atoms with Crippen LogP contribution in [0.25, 0.3) is 21.6 Å². The van der Waals surface area contributed by atoms with Crippen LogP contribution in [0.5, 0.6) is 5.75 Å². The van der Waals surface area contributed by atoms with E-state index in [2.05, 4.69) is 49.4 Å². The Hall–Kier alpha value is -1.77. The Kier molecular flexibility index (Phi) is 5.37. The fourth-order valence-corrected chi connectivity index (χ4v) is 3.42. The second kappa shape index (κ2) is 7.67. The highest BCUT2D eigenvalue weighted by molar-refractivity contribution is 7.19. The minimum atomic E-state index is 0.786. The third-order valence-corrected chi connectivity index (χ3v) is 4.98. The van der Waals surface area contributed by atoms with Gasteiger partial charge in [0.05, 0.1) is 10.9 Å². The molecule has 0 spiro atoms. The molecule has 23 heavy (non-hydrogen) atoms. The average Bonchev–Trinajstić information content (AvgIpc) is 3.02. The van der Waals surface area contributed by atoms with E-state index in [1.165, 1.54) is 21.6 Å². The molecule has 3 aromatic rings. The van der Waals surface area contributed by atoms with Gasteiger partial charge in [-0.1, -0.05) is 61.3 Å². The summed E-state index contributed by atoms with van der Waals surface area (Å²) >= 11 is 7.61. The molecule has 3 rings (SSSR count). The van der Waals surface area contributed by atoms with Gasteiger partial charge in [0, 0.05) is 4.88 Å². The maximum Gasteiger partial charge on any atom is 0.119 e. The highest BCUT2D eigenvalue weighted by Gasteiger charge is 2.03. The van der Waals surface area contributed by atoms with Crippen LogP contribution in [-0.4, -0.2) is 6.61 Å². The van der Waals surface area contributed by atoms with Crippen molar-refractivity contribution in [2.45, 2.75) is 19.8 Å². The van der Waals surface area contributed by atoms with E-state index >= 15 is 0 Å². The molecule has 0 aliphatic rings. The van der Waals surface area contributed by atoms with Gasteiger partial charge in [0.1, 0.15) is 5.75 Å². The normalized spacial score (nSPS) is 10.7. The van der Waals surface area contributed by atoms with E-state index in [4.69, 9.17) is 16.3 Å². The molecule has 0 radical (unpaired) electrons. The zero-order valence-electron chi connectivity index (χ0n) is 13.1. The van der Waals surface area contributed by atoms with Crippen molar-refractivity contribution in [2.75, 3.05) is 6.61 Å². The minimum Gasteiger partial charge on any atom is -0.494 e. The molecule has 0 aliphatic heterocycles. The molecule has 0 fully saturated rings. The quantitative estimate of drug-likeness (QED) is 0.442. The van der Waals surface area contributed by atoms with Crippen molar-refractivity contribution in [3.8, 4) is 27.3 Å². The Morgan fingerprint density at radius 2 is 1.43 bits per heavy atom. The largest absolute Gasteiger partial charge is 0.494 e. The molecule has 0 amide bonds. The highest BCUT2D eigenvalue weighted by Crippen LogP contribution is 2.32. The molecule has 118 valence electrons. The Bertz CT molecular complexity index is 744. The number of hydrogen-bond acceptors (Lipinski definition) is 2. The van der Waals surface area contributed by atoms with Crippen molar-refractivity contribution < 1.29 is 4.74 Å². The first-order valence-electron chi connectivity index (χ1n) is 7.85. The summed E-state index contributed by atoms with van der Waals surface area (Å²) in [4.78, 5) is 1.20. The van der Waals surface area contributed by atoms with Gasteiger partial charge < -0.3 is 4.74 Å². The van der Waals surface area contributed by atoms with E-state index in [9.17, 15) is 0 Å². The van der Waals surface area contributed by atoms with E-state index < -0.39 is 0 Å². The number of thiophene rings is 1. The Morgan fingerprint density at radius 1 is 0.826 bits per heavy atom. The molecule has 3 heteroatoms. The van der Waals surface area contributed by atoms with Crippen molar-refractivity contribution in [3.05, 3.63) is 65.0 Å². The van der Waals surface area contributed by atoms with Crippen LogP contribution >= 0.6 is 22.9 Å². The number of hydrogen-bond donors (Lipinski definition) is 0. The Balaban J connectivity index is 1.71. The van der Waals surface area contributed by atoms with Crippen LogP contribution in [0.15, 0.2) is 60.7 Å². The van der Waals surface area contributed by atoms with Crippen molar-refractivity contribution >= 4 is 22.9 Å². The zero-order valence-corrected chi connectivity index (χ0v) is 14.7. The molecule has 0 bridgehead atoms. The number of rotatable bonds is 6. The molecule has 1 aromatic heterocycles. The SMILES string of the molecule is CCCCOc1ccc(-c2ccc(-c3ccc(Cl)s3)cc2)cc1. The summed E-state index contributed by atoms with van der Waals surface area (Å²) in [5.74, 6) is 0.937. The topological polar surface area (TPSA) is 9.23 Å². The van der Waals surface area contributed by atoms with E-state index in [-0.39, 0.29) is 0 Å². The first-order chi connectivity index (χ1) is 11.3. The molecule has 0 saturated carbocycles. The summed E-state index contributed by atoms with van der Waals surface area (Å²) in [7, 11) is 0.